The summed E-state index contributed by atoms with van der Waals surface area (Å²) < 4.78 is 0. The second-order valence-corrected chi connectivity index (χ2v) is 3.74. The molecular formula is C10H19N. The van der Waals surface area contributed by atoms with Gasteiger partial charge in [-0.15, -0.1) is 0 Å². The van der Waals surface area contributed by atoms with Gasteiger partial charge >= 0.3 is 0 Å². The largest absolute Gasteiger partial charge is 0.388 e. The third-order valence-corrected chi connectivity index (χ3v) is 3.04. The van der Waals surface area contributed by atoms with E-state index in [1.54, 1.807) is 0 Å². The molecule has 1 aliphatic rings. The van der Waals surface area contributed by atoms with Gasteiger partial charge in [0.1, 0.15) is 0 Å². The van der Waals surface area contributed by atoms with Crippen LogP contribution in [0, 0.1) is 11.8 Å². The SMILES string of the molecule is C=CNC1CCCC(C)C1C. The van der Waals surface area contributed by atoms with Crippen molar-refractivity contribution >= 4 is 0 Å². The summed E-state index contributed by atoms with van der Waals surface area (Å²) in [6.45, 7) is 8.39. The van der Waals surface area contributed by atoms with Crippen LogP contribution in [0.3, 0.4) is 0 Å². The van der Waals surface area contributed by atoms with Gasteiger partial charge in [0.25, 0.3) is 0 Å². The Kier molecular flexibility index (Phi) is 2.98. The predicted octanol–water partition coefficient (Wildman–Crippen LogP) is 2.54. The van der Waals surface area contributed by atoms with E-state index in [0.29, 0.717) is 6.04 Å². The lowest BCUT2D eigenvalue weighted by atomic mass is 9.78. The van der Waals surface area contributed by atoms with E-state index < -0.39 is 0 Å². The molecule has 0 saturated heterocycles. The Hall–Kier alpha value is -0.460. The molecule has 0 aromatic rings. The Morgan fingerprint density at radius 3 is 2.73 bits per heavy atom. The van der Waals surface area contributed by atoms with Gasteiger partial charge in [0.15, 0.2) is 0 Å². The average molecular weight is 153 g/mol. The van der Waals surface area contributed by atoms with Crippen molar-refractivity contribution in [1.82, 2.24) is 5.32 Å². The molecule has 3 unspecified atom stereocenters. The fraction of sp³-hybridized carbons (Fsp3) is 0.800. The summed E-state index contributed by atoms with van der Waals surface area (Å²) in [5.74, 6) is 1.68. The quantitative estimate of drug-likeness (QED) is 0.643. The molecule has 0 aliphatic heterocycles. The van der Waals surface area contributed by atoms with Crippen LogP contribution in [0.15, 0.2) is 12.8 Å². The summed E-state index contributed by atoms with van der Waals surface area (Å²) in [7, 11) is 0. The third kappa shape index (κ3) is 1.98. The lowest BCUT2D eigenvalue weighted by Crippen LogP contribution is -2.37. The van der Waals surface area contributed by atoms with Gasteiger partial charge in [-0.3, -0.25) is 0 Å². The summed E-state index contributed by atoms with van der Waals surface area (Å²) in [6.07, 6.45) is 5.92. The van der Waals surface area contributed by atoms with E-state index in [-0.39, 0.29) is 0 Å². The molecule has 1 nitrogen and oxygen atoms in total. The summed E-state index contributed by atoms with van der Waals surface area (Å²) in [5.41, 5.74) is 0. The Morgan fingerprint density at radius 2 is 2.09 bits per heavy atom. The van der Waals surface area contributed by atoms with Gasteiger partial charge < -0.3 is 5.32 Å². The maximum absolute atomic E-state index is 3.70. The van der Waals surface area contributed by atoms with E-state index in [9.17, 15) is 0 Å². The molecule has 0 aromatic carbocycles. The van der Waals surface area contributed by atoms with Crippen LogP contribution in [-0.2, 0) is 0 Å². The highest BCUT2D eigenvalue weighted by molar-refractivity contribution is 4.85. The molecule has 1 saturated carbocycles. The van der Waals surface area contributed by atoms with Gasteiger partial charge in [-0.05, 0) is 24.5 Å². The van der Waals surface area contributed by atoms with E-state index in [1.165, 1.54) is 19.3 Å². The van der Waals surface area contributed by atoms with Gasteiger partial charge in [0.05, 0.1) is 0 Å². The van der Waals surface area contributed by atoms with Gasteiger partial charge in [-0.1, -0.05) is 33.3 Å². The van der Waals surface area contributed by atoms with E-state index >= 15 is 0 Å². The number of hydrogen-bond acceptors (Lipinski definition) is 1. The van der Waals surface area contributed by atoms with Crippen molar-refractivity contribution in [3.63, 3.8) is 0 Å². The standard InChI is InChI=1S/C10H19N/c1-4-11-10-7-5-6-8(2)9(10)3/h4,8-11H,1,5-7H2,2-3H3. The molecular weight excluding hydrogens is 134 g/mol. The molecule has 3 atom stereocenters. The molecule has 1 fully saturated rings. The normalized spacial score (nSPS) is 38.2. The first-order valence-electron chi connectivity index (χ1n) is 4.62. The van der Waals surface area contributed by atoms with Crippen molar-refractivity contribution in [2.24, 2.45) is 11.8 Å². The molecule has 64 valence electrons. The van der Waals surface area contributed by atoms with E-state index in [2.05, 4.69) is 25.7 Å². The van der Waals surface area contributed by atoms with Crippen LogP contribution in [-0.4, -0.2) is 6.04 Å². The highest BCUT2D eigenvalue weighted by Crippen LogP contribution is 2.29. The molecule has 1 N–H and O–H groups in total. The van der Waals surface area contributed by atoms with Crippen LogP contribution in [0.1, 0.15) is 33.1 Å². The molecule has 1 heteroatoms. The van der Waals surface area contributed by atoms with Crippen LogP contribution in [0.2, 0.25) is 0 Å². The molecule has 0 spiro atoms. The molecule has 0 aromatic heterocycles. The zero-order chi connectivity index (χ0) is 8.27. The smallest absolute Gasteiger partial charge is 0.0283 e. The van der Waals surface area contributed by atoms with Crippen molar-refractivity contribution in [3.05, 3.63) is 12.8 Å². The Labute approximate surface area is 69.9 Å². The molecule has 11 heavy (non-hydrogen) atoms. The summed E-state index contributed by atoms with van der Waals surface area (Å²) in [6, 6.07) is 0.677. The second-order valence-electron chi connectivity index (χ2n) is 3.74. The highest BCUT2D eigenvalue weighted by Gasteiger charge is 2.25. The zero-order valence-electron chi connectivity index (χ0n) is 7.64. The van der Waals surface area contributed by atoms with Crippen LogP contribution < -0.4 is 5.32 Å². The second kappa shape index (κ2) is 3.80. The number of rotatable bonds is 2. The number of hydrogen-bond donors (Lipinski definition) is 1. The van der Waals surface area contributed by atoms with Crippen molar-refractivity contribution in [1.29, 1.82) is 0 Å². The van der Waals surface area contributed by atoms with Gasteiger partial charge in [-0.25, -0.2) is 0 Å². The third-order valence-electron chi connectivity index (χ3n) is 3.04. The summed E-state index contributed by atoms with van der Waals surface area (Å²) in [4.78, 5) is 0. The maximum atomic E-state index is 3.70. The monoisotopic (exact) mass is 153 g/mol. The molecule has 1 rings (SSSR count). The number of nitrogens with one attached hydrogen (secondary N) is 1. The molecule has 0 amide bonds. The fourth-order valence-corrected chi connectivity index (χ4v) is 1.97. The van der Waals surface area contributed by atoms with Crippen LogP contribution in [0.5, 0.6) is 0 Å². The minimum atomic E-state index is 0.677. The lowest BCUT2D eigenvalue weighted by Gasteiger charge is -2.34. The summed E-state index contributed by atoms with van der Waals surface area (Å²) >= 11 is 0. The molecule has 1 aliphatic carbocycles. The van der Waals surface area contributed by atoms with Crippen molar-refractivity contribution in [2.75, 3.05) is 0 Å². The fourth-order valence-electron chi connectivity index (χ4n) is 1.97. The van der Waals surface area contributed by atoms with Crippen molar-refractivity contribution < 1.29 is 0 Å². The van der Waals surface area contributed by atoms with E-state index in [4.69, 9.17) is 0 Å². The minimum Gasteiger partial charge on any atom is -0.388 e. The first kappa shape index (κ1) is 8.63. The van der Waals surface area contributed by atoms with Crippen LogP contribution in [0.25, 0.3) is 0 Å². The highest BCUT2D eigenvalue weighted by atomic mass is 14.9. The lowest BCUT2D eigenvalue weighted by molar-refractivity contribution is 0.220. The first-order chi connectivity index (χ1) is 5.25. The first-order valence-corrected chi connectivity index (χ1v) is 4.62. The van der Waals surface area contributed by atoms with Gasteiger partial charge in [0, 0.05) is 6.04 Å². The van der Waals surface area contributed by atoms with E-state index in [1.807, 2.05) is 6.20 Å². The van der Waals surface area contributed by atoms with Crippen LogP contribution in [0.4, 0.5) is 0 Å². The van der Waals surface area contributed by atoms with E-state index in [0.717, 1.165) is 11.8 Å². The predicted molar refractivity (Wildman–Crippen MR) is 49.3 cm³/mol. The molecule has 0 heterocycles. The van der Waals surface area contributed by atoms with Crippen molar-refractivity contribution in [3.8, 4) is 0 Å². The summed E-state index contributed by atoms with van der Waals surface area (Å²) in [5, 5.41) is 3.33. The van der Waals surface area contributed by atoms with Gasteiger partial charge in [0.2, 0.25) is 0 Å². The van der Waals surface area contributed by atoms with Crippen molar-refractivity contribution in [2.45, 2.75) is 39.2 Å². The average Bonchev–Trinajstić information content (AvgIpc) is 1.99. The Morgan fingerprint density at radius 1 is 1.36 bits per heavy atom. The minimum absolute atomic E-state index is 0.677. The molecule has 0 bridgehead atoms. The molecule has 0 radical (unpaired) electrons. The Balaban J connectivity index is 2.43. The van der Waals surface area contributed by atoms with Gasteiger partial charge in [-0.2, -0.15) is 0 Å². The zero-order valence-corrected chi connectivity index (χ0v) is 7.64. The Bertz CT molecular complexity index is 131. The van der Waals surface area contributed by atoms with Crippen LogP contribution >= 0.6 is 0 Å². The maximum Gasteiger partial charge on any atom is 0.0283 e. The topological polar surface area (TPSA) is 12.0 Å².